The van der Waals surface area contributed by atoms with Crippen LogP contribution in [0.1, 0.15) is 33.6 Å². The van der Waals surface area contributed by atoms with Crippen molar-refractivity contribution < 1.29 is 9.59 Å². The molecule has 4 nitrogen and oxygen atoms in total. The molecule has 3 amide bonds. The Balaban J connectivity index is 3.85. The largest absolute Gasteiger partial charge is 0.338 e. The van der Waals surface area contributed by atoms with Crippen LogP contribution in [0.2, 0.25) is 0 Å². The molecule has 0 spiro atoms. The molecular formula is C10H19N2O2. The summed E-state index contributed by atoms with van der Waals surface area (Å²) in [6.45, 7) is 6.98. The molecule has 1 radical (unpaired) electrons. The molecule has 4 heteroatoms. The van der Waals surface area contributed by atoms with Crippen LogP contribution in [0.25, 0.3) is 0 Å². The van der Waals surface area contributed by atoms with E-state index in [9.17, 15) is 9.59 Å². The predicted molar refractivity (Wildman–Crippen MR) is 55.5 cm³/mol. The van der Waals surface area contributed by atoms with Crippen molar-refractivity contribution in [2.24, 2.45) is 5.92 Å². The molecule has 0 aromatic rings. The van der Waals surface area contributed by atoms with Crippen LogP contribution in [-0.4, -0.2) is 30.4 Å². The Morgan fingerprint density at radius 2 is 2.14 bits per heavy atom. The molecule has 0 aromatic carbocycles. The second kappa shape index (κ2) is 7.35. The van der Waals surface area contributed by atoms with Crippen LogP contribution in [0.4, 0.5) is 4.79 Å². The fraction of sp³-hybridized carbons (Fsp3) is 0.800. The molecule has 0 saturated heterocycles. The van der Waals surface area contributed by atoms with Gasteiger partial charge in [0, 0.05) is 13.1 Å². The van der Waals surface area contributed by atoms with Gasteiger partial charge in [-0.15, -0.1) is 0 Å². The molecule has 81 valence electrons. The number of rotatable bonds is 6. The number of carbonyl (C=O) groups is 1. The second-order valence-corrected chi connectivity index (χ2v) is 3.68. The van der Waals surface area contributed by atoms with Crippen molar-refractivity contribution in [2.75, 3.05) is 13.1 Å². The highest BCUT2D eigenvalue weighted by molar-refractivity contribution is 5.84. The Hall–Kier alpha value is -1.06. The minimum absolute atomic E-state index is 0.272. The lowest BCUT2D eigenvalue weighted by Gasteiger charge is -2.17. The number of nitrogens with one attached hydrogen (secondary N) is 1. The zero-order valence-electron chi connectivity index (χ0n) is 9.17. The lowest BCUT2D eigenvalue weighted by molar-refractivity contribution is 0.215. The van der Waals surface area contributed by atoms with Crippen LogP contribution in [0.5, 0.6) is 0 Å². The smallest absolute Gasteiger partial charge is 0.324 e. The van der Waals surface area contributed by atoms with Gasteiger partial charge in [0.15, 0.2) is 0 Å². The zero-order chi connectivity index (χ0) is 11.0. The van der Waals surface area contributed by atoms with E-state index in [0.717, 1.165) is 17.7 Å². The first-order valence-corrected chi connectivity index (χ1v) is 5.05. The predicted octanol–water partition coefficient (Wildman–Crippen LogP) is 1.52. The molecule has 0 unspecified atom stereocenters. The Morgan fingerprint density at radius 1 is 1.50 bits per heavy atom. The molecule has 0 saturated carbocycles. The first-order valence-electron chi connectivity index (χ1n) is 5.05. The van der Waals surface area contributed by atoms with Gasteiger partial charge in [-0.1, -0.05) is 27.2 Å². The minimum atomic E-state index is -0.345. The first-order chi connectivity index (χ1) is 6.61. The van der Waals surface area contributed by atoms with Crippen LogP contribution in [0, 0.1) is 5.92 Å². The van der Waals surface area contributed by atoms with E-state index < -0.39 is 0 Å². The van der Waals surface area contributed by atoms with Crippen LogP contribution < -0.4 is 5.32 Å². The number of hydrogen-bond acceptors (Lipinski definition) is 2. The van der Waals surface area contributed by atoms with E-state index in [1.807, 2.05) is 20.8 Å². The van der Waals surface area contributed by atoms with Gasteiger partial charge in [0.2, 0.25) is 0 Å². The summed E-state index contributed by atoms with van der Waals surface area (Å²) < 4.78 is 0. The summed E-state index contributed by atoms with van der Waals surface area (Å²) in [6, 6.07) is -0.345. The summed E-state index contributed by atoms with van der Waals surface area (Å²) in [5.41, 5.74) is 0. The van der Waals surface area contributed by atoms with Crippen molar-refractivity contribution in [3.8, 4) is 0 Å². The molecule has 0 rings (SSSR count). The standard InChI is InChI=1S/C10H19N2O2/c1-4-5-6-11-10(14)12(8-13)7-9(2)3/h9H,4-7H2,1-3H3,(H,11,14). The number of urea groups is 1. The summed E-state index contributed by atoms with van der Waals surface area (Å²) >= 11 is 0. The summed E-state index contributed by atoms with van der Waals surface area (Å²) in [6.07, 6.45) is 3.59. The Labute approximate surface area is 85.7 Å². The third-order valence-electron chi connectivity index (χ3n) is 1.71. The number of nitrogens with zero attached hydrogens (tertiary/aromatic N) is 1. The average molecular weight is 199 g/mol. The summed E-state index contributed by atoms with van der Waals surface area (Å²) in [5, 5.41) is 2.66. The van der Waals surface area contributed by atoms with Gasteiger partial charge in [-0.05, 0) is 12.3 Å². The van der Waals surface area contributed by atoms with E-state index in [1.165, 1.54) is 0 Å². The number of carbonyl (C=O) groups excluding carboxylic acids is 2. The monoisotopic (exact) mass is 199 g/mol. The van der Waals surface area contributed by atoms with Gasteiger partial charge in [-0.2, -0.15) is 0 Å². The van der Waals surface area contributed by atoms with E-state index in [1.54, 1.807) is 6.41 Å². The topological polar surface area (TPSA) is 49.4 Å². The molecule has 0 fully saturated rings. The van der Waals surface area contributed by atoms with Gasteiger partial charge in [-0.25, -0.2) is 4.79 Å². The van der Waals surface area contributed by atoms with Crippen molar-refractivity contribution in [3.05, 3.63) is 0 Å². The zero-order valence-corrected chi connectivity index (χ0v) is 9.17. The van der Waals surface area contributed by atoms with Gasteiger partial charge in [-0.3, -0.25) is 9.69 Å². The van der Waals surface area contributed by atoms with Gasteiger partial charge in [0.25, 0.3) is 0 Å². The van der Waals surface area contributed by atoms with Crippen LogP contribution in [0.15, 0.2) is 0 Å². The SMILES string of the molecule is CCCCNC(=O)N([C]=O)CC(C)C. The molecule has 0 aromatic heterocycles. The van der Waals surface area contributed by atoms with Crippen LogP contribution in [-0.2, 0) is 4.79 Å². The maximum absolute atomic E-state index is 11.3. The Bertz CT molecular complexity index is 181. The quantitative estimate of drug-likeness (QED) is 0.521. The highest BCUT2D eigenvalue weighted by Gasteiger charge is 2.13. The van der Waals surface area contributed by atoms with Crippen molar-refractivity contribution in [3.63, 3.8) is 0 Å². The van der Waals surface area contributed by atoms with E-state index in [2.05, 4.69) is 5.32 Å². The molecule has 0 bridgehead atoms. The average Bonchev–Trinajstić information content (AvgIpc) is 2.14. The van der Waals surface area contributed by atoms with Gasteiger partial charge >= 0.3 is 12.4 Å². The van der Waals surface area contributed by atoms with Gasteiger partial charge in [0.05, 0.1) is 0 Å². The molecule has 0 atom stereocenters. The number of unbranched alkanes of at least 4 members (excludes halogenated alkanes) is 1. The van der Waals surface area contributed by atoms with Crippen molar-refractivity contribution in [1.82, 2.24) is 10.2 Å². The van der Waals surface area contributed by atoms with Gasteiger partial charge in [0.1, 0.15) is 0 Å². The van der Waals surface area contributed by atoms with Crippen molar-refractivity contribution >= 4 is 12.4 Å². The third kappa shape index (κ3) is 5.56. The molecule has 0 aliphatic rings. The van der Waals surface area contributed by atoms with Crippen LogP contribution in [0.3, 0.4) is 0 Å². The van der Waals surface area contributed by atoms with Crippen LogP contribution >= 0.6 is 0 Å². The Kier molecular flexibility index (Phi) is 6.80. The maximum atomic E-state index is 11.3. The van der Waals surface area contributed by atoms with E-state index in [4.69, 9.17) is 0 Å². The summed E-state index contributed by atoms with van der Waals surface area (Å²) in [7, 11) is 0. The fourth-order valence-electron chi connectivity index (χ4n) is 0.994. The van der Waals surface area contributed by atoms with Crippen molar-refractivity contribution in [1.29, 1.82) is 0 Å². The lowest BCUT2D eigenvalue weighted by atomic mass is 10.2. The highest BCUT2D eigenvalue weighted by Crippen LogP contribution is 1.96. The first kappa shape index (κ1) is 12.9. The molecule has 14 heavy (non-hydrogen) atoms. The molecule has 0 aliphatic carbocycles. The number of imide groups is 1. The van der Waals surface area contributed by atoms with Gasteiger partial charge < -0.3 is 5.32 Å². The Morgan fingerprint density at radius 3 is 2.57 bits per heavy atom. The second-order valence-electron chi connectivity index (χ2n) is 3.68. The van der Waals surface area contributed by atoms with E-state index in [-0.39, 0.29) is 11.9 Å². The van der Waals surface area contributed by atoms with E-state index >= 15 is 0 Å². The summed E-state index contributed by atoms with van der Waals surface area (Å²) in [4.78, 5) is 22.8. The lowest BCUT2D eigenvalue weighted by Crippen LogP contribution is -2.41. The maximum Gasteiger partial charge on any atom is 0.324 e. The summed E-state index contributed by atoms with van der Waals surface area (Å²) in [5.74, 6) is 0.272. The van der Waals surface area contributed by atoms with Crippen molar-refractivity contribution in [2.45, 2.75) is 33.6 Å². The number of hydrogen-bond donors (Lipinski definition) is 1. The fourth-order valence-corrected chi connectivity index (χ4v) is 0.994. The molecule has 0 heterocycles. The minimum Gasteiger partial charge on any atom is -0.338 e. The normalized spacial score (nSPS) is 10.0. The molecule has 0 aliphatic heterocycles. The third-order valence-corrected chi connectivity index (χ3v) is 1.71. The van der Waals surface area contributed by atoms with E-state index in [0.29, 0.717) is 13.1 Å². The highest BCUT2D eigenvalue weighted by atomic mass is 16.2. The molecule has 1 N–H and O–H groups in total. The molecular weight excluding hydrogens is 180 g/mol. The number of amides is 3.